The van der Waals surface area contributed by atoms with Gasteiger partial charge in [0.05, 0.1) is 11.6 Å². The van der Waals surface area contributed by atoms with E-state index < -0.39 is 29.7 Å². The fourth-order valence-corrected chi connectivity index (χ4v) is 4.54. The quantitative estimate of drug-likeness (QED) is 0.449. The largest absolute Gasteiger partial charge is 0.394 e. The number of rotatable bonds is 5. The molecule has 11 heteroatoms. The summed E-state index contributed by atoms with van der Waals surface area (Å²) in [6.45, 7) is 2.96. The number of aromatic nitrogens is 2. The molecule has 0 aliphatic carbocycles. The fraction of sp³-hybridized carbons (Fsp3) is 0.333. The van der Waals surface area contributed by atoms with Crippen molar-refractivity contribution < 1.29 is 27.2 Å². The molecule has 0 atom stereocenters. The minimum atomic E-state index is -4.48. The summed E-state index contributed by atoms with van der Waals surface area (Å²) in [4.78, 5) is 34.4. The number of carbonyl (C=O) groups excluding carboxylic acids is 2. The van der Waals surface area contributed by atoms with Crippen molar-refractivity contribution in [2.45, 2.75) is 46.0 Å². The minimum Gasteiger partial charge on any atom is -0.352 e. The molecule has 2 aromatic carbocycles. The molecule has 1 aromatic heterocycles. The number of halogens is 4. The number of nitrogens with one attached hydrogen (secondary N) is 2. The Morgan fingerprint density at radius 1 is 1.08 bits per heavy atom. The molecular formula is C27H25F4N5O2. The molecule has 0 saturated carbocycles. The SMILES string of the molecule is CC(C)(CC(=O)N1Cc2ccc(-c3ncc(F)c(Nc4ccc5c(c4)CCNC5=O)n3)cc2C1)C(F)(F)F. The van der Waals surface area contributed by atoms with Crippen LogP contribution in [0.15, 0.2) is 42.6 Å². The van der Waals surface area contributed by atoms with E-state index in [9.17, 15) is 27.2 Å². The van der Waals surface area contributed by atoms with Crippen molar-refractivity contribution in [2.75, 3.05) is 11.9 Å². The van der Waals surface area contributed by atoms with E-state index in [0.29, 0.717) is 29.8 Å². The van der Waals surface area contributed by atoms with Gasteiger partial charge in [-0.2, -0.15) is 13.2 Å². The van der Waals surface area contributed by atoms with Crippen LogP contribution in [-0.2, 0) is 24.3 Å². The minimum absolute atomic E-state index is 0.0399. The van der Waals surface area contributed by atoms with Crippen molar-refractivity contribution in [3.8, 4) is 11.4 Å². The molecule has 198 valence electrons. The average Bonchev–Trinajstić information content (AvgIpc) is 3.28. The van der Waals surface area contributed by atoms with Gasteiger partial charge in [-0.3, -0.25) is 9.59 Å². The van der Waals surface area contributed by atoms with E-state index in [1.807, 2.05) is 0 Å². The Morgan fingerprint density at radius 3 is 2.61 bits per heavy atom. The highest BCUT2D eigenvalue weighted by molar-refractivity contribution is 5.97. The molecule has 7 nitrogen and oxygen atoms in total. The summed E-state index contributed by atoms with van der Waals surface area (Å²) < 4.78 is 54.3. The lowest BCUT2D eigenvalue weighted by Crippen LogP contribution is -2.38. The highest BCUT2D eigenvalue weighted by Gasteiger charge is 2.49. The average molecular weight is 528 g/mol. The van der Waals surface area contributed by atoms with Crippen LogP contribution in [0.3, 0.4) is 0 Å². The van der Waals surface area contributed by atoms with Crippen molar-refractivity contribution in [3.63, 3.8) is 0 Å². The lowest BCUT2D eigenvalue weighted by atomic mass is 9.88. The summed E-state index contributed by atoms with van der Waals surface area (Å²) in [5, 5.41) is 5.73. The van der Waals surface area contributed by atoms with E-state index in [1.54, 1.807) is 36.4 Å². The van der Waals surface area contributed by atoms with E-state index in [0.717, 1.165) is 36.7 Å². The zero-order valence-corrected chi connectivity index (χ0v) is 20.7. The maximum absolute atomic E-state index is 14.6. The van der Waals surface area contributed by atoms with Gasteiger partial charge in [0.25, 0.3) is 5.91 Å². The van der Waals surface area contributed by atoms with Gasteiger partial charge >= 0.3 is 6.18 Å². The Bertz CT molecular complexity index is 1440. The lowest BCUT2D eigenvalue weighted by Gasteiger charge is -2.29. The Hall–Kier alpha value is -4.02. The van der Waals surface area contributed by atoms with Crippen LogP contribution in [0.1, 0.15) is 47.3 Å². The third-order valence-corrected chi connectivity index (χ3v) is 6.94. The number of anilines is 2. The molecule has 0 unspecified atom stereocenters. The first-order valence-electron chi connectivity index (χ1n) is 12.1. The number of hydrogen-bond donors (Lipinski definition) is 2. The second-order valence-electron chi connectivity index (χ2n) is 10.2. The third kappa shape index (κ3) is 4.92. The predicted octanol–water partition coefficient (Wildman–Crippen LogP) is 5.13. The highest BCUT2D eigenvalue weighted by Crippen LogP contribution is 2.41. The van der Waals surface area contributed by atoms with Gasteiger partial charge < -0.3 is 15.5 Å². The Kier molecular flexibility index (Phi) is 6.32. The summed E-state index contributed by atoms with van der Waals surface area (Å²) in [5.41, 5.74) is 2.06. The maximum Gasteiger partial charge on any atom is 0.394 e. The van der Waals surface area contributed by atoms with Gasteiger partial charge in [-0.15, -0.1) is 0 Å². The molecule has 2 amide bonds. The van der Waals surface area contributed by atoms with Crippen LogP contribution >= 0.6 is 0 Å². The third-order valence-electron chi connectivity index (χ3n) is 6.94. The summed E-state index contributed by atoms with van der Waals surface area (Å²) in [7, 11) is 0. The fourth-order valence-electron chi connectivity index (χ4n) is 4.54. The molecular weight excluding hydrogens is 502 g/mol. The number of benzene rings is 2. The first-order chi connectivity index (χ1) is 17.9. The molecule has 2 aliphatic heterocycles. The molecule has 0 saturated heterocycles. The van der Waals surface area contributed by atoms with Gasteiger partial charge in [-0.25, -0.2) is 14.4 Å². The van der Waals surface area contributed by atoms with Crippen LogP contribution in [0, 0.1) is 11.2 Å². The summed E-state index contributed by atoms with van der Waals surface area (Å²) in [6, 6.07) is 10.4. The first-order valence-corrected chi connectivity index (χ1v) is 12.1. The summed E-state index contributed by atoms with van der Waals surface area (Å²) >= 11 is 0. The molecule has 2 N–H and O–H groups in total. The number of alkyl halides is 3. The maximum atomic E-state index is 14.6. The van der Waals surface area contributed by atoms with Gasteiger partial charge in [-0.05, 0) is 47.4 Å². The van der Waals surface area contributed by atoms with Crippen molar-refractivity contribution in [2.24, 2.45) is 5.41 Å². The number of nitrogens with zero attached hydrogens (tertiary/aromatic N) is 3. The van der Waals surface area contributed by atoms with Gasteiger partial charge in [-0.1, -0.05) is 26.0 Å². The van der Waals surface area contributed by atoms with Crippen molar-refractivity contribution in [1.29, 1.82) is 0 Å². The van der Waals surface area contributed by atoms with Crippen molar-refractivity contribution >= 4 is 23.3 Å². The Balaban J connectivity index is 1.33. The molecule has 0 fully saturated rings. The van der Waals surface area contributed by atoms with Gasteiger partial charge in [0.15, 0.2) is 17.5 Å². The standard InChI is InChI=1S/C27H25F4N5O2/c1-26(2,27(29,30)31)11-22(37)36-13-17-4-3-16(9-18(17)14-36)23-33-12-21(28)24(35-23)34-19-5-6-20-15(10-19)7-8-32-25(20)38/h3-6,9-10,12H,7-8,11,13-14H2,1-2H3,(H,32,38)(H,33,34,35). The first kappa shape index (κ1) is 25.6. The van der Waals surface area contributed by atoms with E-state index >= 15 is 0 Å². The van der Waals surface area contributed by atoms with Crippen LogP contribution in [0.5, 0.6) is 0 Å². The normalized spacial score (nSPS) is 15.1. The summed E-state index contributed by atoms with van der Waals surface area (Å²) in [5.74, 6) is -1.17. The number of fused-ring (bicyclic) bond motifs is 2. The Labute approximate surface area is 216 Å². The molecule has 0 bridgehead atoms. The zero-order valence-electron chi connectivity index (χ0n) is 20.7. The Morgan fingerprint density at radius 2 is 1.84 bits per heavy atom. The van der Waals surface area contributed by atoms with Crippen LogP contribution < -0.4 is 10.6 Å². The smallest absolute Gasteiger partial charge is 0.352 e. The zero-order chi connectivity index (χ0) is 27.2. The molecule has 2 aliphatic rings. The van der Waals surface area contributed by atoms with Crippen molar-refractivity contribution in [3.05, 3.63) is 70.7 Å². The second-order valence-corrected chi connectivity index (χ2v) is 10.2. The lowest BCUT2D eigenvalue weighted by molar-refractivity contribution is -0.215. The van der Waals surface area contributed by atoms with E-state index in [4.69, 9.17) is 0 Å². The van der Waals surface area contributed by atoms with E-state index in [1.165, 1.54) is 4.90 Å². The van der Waals surface area contributed by atoms with Crippen molar-refractivity contribution in [1.82, 2.24) is 20.2 Å². The molecule has 5 rings (SSSR count). The van der Waals surface area contributed by atoms with Crippen LogP contribution in [0.25, 0.3) is 11.4 Å². The molecule has 3 aromatic rings. The monoisotopic (exact) mass is 527 g/mol. The predicted molar refractivity (Wildman–Crippen MR) is 132 cm³/mol. The van der Waals surface area contributed by atoms with E-state index in [-0.39, 0.29) is 30.6 Å². The molecule has 0 radical (unpaired) electrons. The topological polar surface area (TPSA) is 87.2 Å². The number of amides is 2. The number of hydrogen-bond acceptors (Lipinski definition) is 5. The summed E-state index contributed by atoms with van der Waals surface area (Å²) in [6.07, 6.45) is -3.40. The van der Waals surface area contributed by atoms with Crippen LogP contribution in [-0.4, -0.2) is 39.4 Å². The molecule has 0 spiro atoms. The van der Waals surface area contributed by atoms with Gasteiger partial charge in [0.1, 0.15) is 0 Å². The van der Waals surface area contributed by atoms with Crippen LogP contribution in [0.2, 0.25) is 0 Å². The van der Waals surface area contributed by atoms with E-state index in [2.05, 4.69) is 20.6 Å². The van der Waals surface area contributed by atoms with Crippen LogP contribution in [0.4, 0.5) is 29.1 Å². The van der Waals surface area contributed by atoms with Gasteiger partial charge in [0.2, 0.25) is 5.91 Å². The number of carbonyl (C=O) groups is 2. The second kappa shape index (κ2) is 9.38. The highest BCUT2D eigenvalue weighted by atomic mass is 19.4. The molecule has 38 heavy (non-hydrogen) atoms. The molecule has 3 heterocycles. The van der Waals surface area contributed by atoms with Gasteiger partial charge in [0, 0.05) is 42.9 Å².